The van der Waals surface area contributed by atoms with Gasteiger partial charge in [0.15, 0.2) is 23.0 Å². The number of ether oxygens (including phenoxy) is 4. The van der Waals surface area contributed by atoms with Crippen molar-refractivity contribution in [2.75, 3.05) is 35.0 Å². The molecule has 0 aliphatic heterocycles. The van der Waals surface area contributed by atoms with Crippen LogP contribution < -0.4 is 35.7 Å². The van der Waals surface area contributed by atoms with Gasteiger partial charge in [-0.3, -0.25) is 15.1 Å². The van der Waals surface area contributed by atoms with Gasteiger partial charge >= 0.3 is 12.1 Å². The second kappa shape index (κ2) is 18.8. The van der Waals surface area contributed by atoms with E-state index in [1.54, 1.807) is 35.4 Å². The third-order valence-corrected chi connectivity index (χ3v) is 7.38. The molecule has 0 aliphatic rings. The summed E-state index contributed by atoms with van der Waals surface area (Å²) in [5, 5.41) is 7.01. The Morgan fingerprint density at radius 3 is 1.95 bits per heavy atom. The van der Waals surface area contributed by atoms with Crippen molar-refractivity contribution in [3.8, 4) is 23.0 Å². The number of halogens is 1. The van der Waals surface area contributed by atoms with E-state index in [2.05, 4.69) is 31.9 Å². The molecule has 0 aliphatic carbocycles. The molecule has 5 amide bonds. The number of pyridine rings is 1. The van der Waals surface area contributed by atoms with Crippen molar-refractivity contribution in [3.63, 3.8) is 0 Å². The molecular weight excluding hydrogens is 640 g/mol. The van der Waals surface area contributed by atoms with Gasteiger partial charge < -0.3 is 30.4 Å². The number of nitrogens with zero attached hydrogens (tertiary/aromatic N) is 3. The Kier molecular flexibility index (Phi) is 16.0. The predicted molar refractivity (Wildman–Crippen MR) is 170 cm³/mol. The van der Waals surface area contributed by atoms with Crippen LogP contribution in [-0.4, -0.2) is 67.8 Å². The van der Waals surface area contributed by atoms with E-state index < -0.39 is 18.0 Å². The maximum atomic E-state index is 10.9. The lowest BCUT2D eigenvalue weighted by molar-refractivity contribution is -0.119. The number of urea groups is 2. The molecule has 0 radical (unpaired) electrons. The largest absolute Gasteiger partial charge is 0.493 e. The van der Waals surface area contributed by atoms with Crippen LogP contribution in [0.15, 0.2) is 47.9 Å². The minimum absolute atomic E-state index is 0.134. The van der Waals surface area contributed by atoms with Crippen LogP contribution in [-0.2, 0) is 11.2 Å². The minimum atomic E-state index is -0.819. The number of aromatic nitrogens is 1. The topological polar surface area (TPSA) is 198 Å². The van der Waals surface area contributed by atoms with Gasteiger partial charge in [0, 0.05) is 24.5 Å². The van der Waals surface area contributed by atoms with Crippen molar-refractivity contribution in [3.05, 3.63) is 58.8 Å². The normalized spacial score (nSPS) is 10.7. The first-order valence-corrected chi connectivity index (χ1v) is 14.1. The van der Waals surface area contributed by atoms with Gasteiger partial charge in [-0.1, -0.05) is 35.8 Å². The van der Waals surface area contributed by atoms with Gasteiger partial charge in [0.05, 0.1) is 44.2 Å². The smallest absolute Gasteiger partial charge is 0.337 e. The summed E-state index contributed by atoms with van der Waals surface area (Å²) in [5.41, 5.74) is 11.4. The van der Waals surface area contributed by atoms with Crippen LogP contribution in [0.5, 0.6) is 23.0 Å². The van der Waals surface area contributed by atoms with Crippen LogP contribution >= 0.6 is 15.9 Å². The lowest BCUT2D eigenvalue weighted by Gasteiger charge is -2.12. The summed E-state index contributed by atoms with van der Waals surface area (Å²) >= 11 is 3.12. The van der Waals surface area contributed by atoms with Crippen molar-refractivity contribution in [2.45, 2.75) is 32.0 Å². The molecular formula is C29H39BrN6O8. The number of carbonyl (C=O) groups is 3. The highest BCUT2D eigenvalue weighted by atomic mass is 79.9. The van der Waals surface area contributed by atoms with Gasteiger partial charge in [-0.2, -0.15) is 5.01 Å². The van der Waals surface area contributed by atoms with Crippen molar-refractivity contribution in [2.24, 2.45) is 22.7 Å². The first-order chi connectivity index (χ1) is 20.9. The fourth-order valence-electron chi connectivity index (χ4n) is 3.63. The van der Waals surface area contributed by atoms with Crippen LogP contribution in [0.25, 0.3) is 10.8 Å². The molecule has 0 fully saturated rings. The number of primary amides is 2. The summed E-state index contributed by atoms with van der Waals surface area (Å²) in [7, 11) is 6.53. The van der Waals surface area contributed by atoms with Gasteiger partial charge in [0.2, 0.25) is 5.91 Å². The molecule has 1 atom stereocenters. The van der Waals surface area contributed by atoms with Crippen LogP contribution in [0, 0.1) is 10.8 Å². The molecule has 0 saturated carbocycles. The molecule has 3 aromatic rings. The molecule has 1 aromatic heterocycles. The number of nitroso groups, excluding NO2 is 1. The summed E-state index contributed by atoms with van der Waals surface area (Å²) in [6.07, 6.45) is 2.48. The maximum absolute atomic E-state index is 10.9. The second-order valence-electron chi connectivity index (χ2n) is 9.19. The highest BCUT2D eigenvalue weighted by Gasteiger charge is 2.19. The zero-order valence-corrected chi connectivity index (χ0v) is 27.3. The van der Waals surface area contributed by atoms with E-state index in [9.17, 15) is 19.3 Å². The molecule has 0 saturated heterocycles. The van der Waals surface area contributed by atoms with Gasteiger partial charge in [-0.05, 0) is 54.1 Å². The molecule has 240 valence electrons. The lowest BCUT2D eigenvalue weighted by atomic mass is 10.0. The number of carbonyl (C=O) groups excluding carboxylic acids is 3. The average molecular weight is 680 g/mol. The standard InChI is InChI=1S/C20H21NO4.C6H11BrN2O2.C3H7N3O2/c1-22-17-6-5-13(10-18(17)23-2)9-16-15-12-20(25-4)19(24-3)11-14(15)7-8-21-16;1-3(2)4(7)5(10)9-6(8)11;1-2-6(5-8)3(4)7/h5-8,10-12H,9H2,1-4H3;3-4H,1-2H3,(H3,8,9,10,11);2H2,1H3,(H2,4,7). The molecule has 2 aromatic carbocycles. The summed E-state index contributed by atoms with van der Waals surface area (Å²) in [5.74, 6) is 2.56. The lowest BCUT2D eigenvalue weighted by Crippen LogP contribution is -2.41. The van der Waals surface area contributed by atoms with Crippen LogP contribution in [0.3, 0.4) is 0 Å². The fraction of sp³-hybridized carbons (Fsp3) is 0.379. The summed E-state index contributed by atoms with van der Waals surface area (Å²) < 4.78 is 21.5. The number of fused-ring (bicyclic) bond motifs is 1. The van der Waals surface area contributed by atoms with Crippen LogP contribution in [0.1, 0.15) is 32.0 Å². The highest BCUT2D eigenvalue weighted by molar-refractivity contribution is 9.10. The Labute approximate surface area is 264 Å². The molecule has 1 unspecified atom stereocenters. The molecule has 3 rings (SSSR count). The molecule has 1 heterocycles. The molecule has 0 bridgehead atoms. The molecule has 14 nitrogen and oxygen atoms in total. The number of nitrogens with one attached hydrogen (secondary N) is 1. The Morgan fingerprint density at radius 2 is 1.50 bits per heavy atom. The van der Waals surface area contributed by atoms with Crippen LogP contribution in [0.4, 0.5) is 9.59 Å². The number of rotatable bonds is 10. The van der Waals surface area contributed by atoms with Crippen molar-refractivity contribution in [1.29, 1.82) is 0 Å². The summed E-state index contributed by atoms with van der Waals surface area (Å²) in [4.78, 5) is 44.9. The fourth-order valence-corrected chi connectivity index (χ4v) is 3.75. The van der Waals surface area contributed by atoms with E-state index in [1.807, 2.05) is 61.8 Å². The number of methoxy groups -OCH3 is 4. The van der Waals surface area contributed by atoms with Crippen molar-refractivity contribution >= 4 is 44.7 Å². The van der Waals surface area contributed by atoms with E-state index in [-0.39, 0.29) is 17.3 Å². The van der Waals surface area contributed by atoms with E-state index in [1.165, 1.54) is 0 Å². The van der Waals surface area contributed by atoms with Gasteiger partial charge in [0.1, 0.15) is 0 Å². The van der Waals surface area contributed by atoms with E-state index >= 15 is 0 Å². The predicted octanol–water partition coefficient (Wildman–Crippen LogP) is 4.53. The van der Waals surface area contributed by atoms with Gasteiger partial charge in [-0.15, -0.1) is 4.91 Å². The molecule has 5 N–H and O–H groups in total. The summed E-state index contributed by atoms with van der Waals surface area (Å²) in [6.45, 7) is 5.55. The number of benzene rings is 2. The number of alkyl halides is 1. The van der Waals surface area contributed by atoms with E-state index in [0.29, 0.717) is 34.4 Å². The Bertz CT molecular complexity index is 1420. The number of hydrogen-bond donors (Lipinski definition) is 3. The zero-order valence-electron chi connectivity index (χ0n) is 25.8. The van der Waals surface area contributed by atoms with Crippen molar-refractivity contribution in [1.82, 2.24) is 15.3 Å². The van der Waals surface area contributed by atoms with Gasteiger partial charge in [-0.25, -0.2) is 9.59 Å². The quantitative estimate of drug-likeness (QED) is 0.157. The molecule has 0 spiro atoms. The summed E-state index contributed by atoms with van der Waals surface area (Å²) in [6, 6.07) is 10.2. The zero-order chi connectivity index (χ0) is 33.4. The van der Waals surface area contributed by atoms with E-state index in [4.69, 9.17) is 24.7 Å². The molecule has 44 heavy (non-hydrogen) atoms. The highest BCUT2D eigenvalue weighted by Crippen LogP contribution is 2.34. The third kappa shape index (κ3) is 11.2. The van der Waals surface area contributed by atoms with Crippen molar-refractivity contribution < 1.29 is 33.3 Å². The van der Waals surface area contributed by atoms with E-state index in [0.717, 1.165) is 22.0 Å². The Morgan fingerprint density at radius 1 is 0.932 bits per heavy atom. The number of nitrogens with two attached hydrogens (primary N) is 2. The Balaban J connectivity index is 0.000000422. The van der Waals surface area contributed by atoms with Gasteiger partial charge in [0.25, 0.3) is 0 Å². The second-order valence-corrected chi connectivity index (χ2v) is 10.2. The number of hydrogen-bond acceptors (Lipinski definition) is 10. The number of imide groups is 1. The first-order valence-electron chi connectivity index (χ1n) is 13.2. The first kappa shape index (κ1) is 37.4. The SMILES string of the molecule is CC(C)C(Br)C(=O)NC(N)=O.CCN(N=O)C(N)=O.COc1ccc(Cc2nccc3cc(OC)c(OC)cc23)cc1OC. The maximum Gasteiger partial charge on any atom is 0.337 e. The Hall–Kier alpha value is -4.66. The van der Waals surface area contributed by atoms with Crippen LogP contribution in [0.2, 0.25) is 0 Å². The number of amides is 5. The molecule has 15 heteroatoms. The monoisotopic (exact) mass is 678 g/mol. The third-order valence-electron chi connectivity index (χ3n) is 5.91. The minimum Gasteiger partial charge on any atom is -0.493 e. The average Bonchev–Trinajstić information content (AvgIpc) is 3.00.